The van der Waals surface area contributed by atoms with Gasteiger partial charge in [0, 0.05) is 25.0 Å². The highest BCUT2D eigenvalue weighted by Crippen LogP contribution is 2.07. The van der Waals surface area contributed by atoms with Crippen LogP contribution < -0.4 is 0 Å². The third kappa shape index (κ3) is 4.36. The van der Waals surface area contributed by atoms with Crippen LogP contribution in [0, 0.1) is 5.92 Å². The predicted octanol–water partition coefficient (Wildman–Crippen LogP) is -0.504. The van der Waals surface area contributed by atoms with E-state index in [2.05, 4.69) is 0 Å². The molecule has 4 nitrogen and oxygen atoms in total. The van der Waals surface area contributed by atoms with E-state index in [1.807, 2.05) is 18.7 Å². The number of hydrogen-bond acceptors (Lipinski definition) is 4. The first-order valence-electron chi connectivity index (χ1n) is 4.58. The third-order valence-electron chi connectivity index (χ3n) is 2.33. The maximum absolute atomic E-state index is 10.5. The first kappa shape index (κ1) is 12.6. The quantitative estimate of drug-likeness (QED) is 0.530. The molecule has 0 aliphatic carbocycles. The maximum Gasteiger partial charge on any atom is 0.124 e. The molecule has 0 aromatic heterocycles. The molecule has 0 heterocycles. The number of rotatable bonds is 7. The summed E-state index contributed by atoms with van der Waals surface area (Å²) in [6.07, 6.45) is 0.895. The second-order valence-corrected chi connectivity index (χ2v) is 3.22. The van der Waals surface area contributed by atoms with Crippen molar-refractivity contribution in [1.29, 1.82) is 0 Å². The number of carbonyl (C=O) groups excluding carboxylic acids is 1. The summed E-state index contributed by atoms with van der Waals surface area (Å²) in [6.45, 7) is 4.86. The molecule has 4 heteroatoms. The lowest BCUT2D eigenvalue weighted by Crippen LogP contribution is -2.41. The van der Waals surface area contributed by atoms with Crippen molar-refractivity contribution in [2.75, 3.05) is 26.3 Å². The average Bonchev–Trinajstić information content (AvgIpc) is 2.15. The Labute approximate surface area is 79.2 Å². The molecule has 0 bridgehead atoms. The minimum absolute atomic E-state index is 0.0515. The highest BCUT2D eigenvalue weighted by Gasteiger charge is 2.18. The van der Waals surface area contributed by atoms with Gasteiger partial charge >= 0.3 is 0 Å². The molecule has 0 aromatic rings. The predicted molar refractivity (Wildman–Crippen MR) is 50.4 cm³/mol. The van der Waals surface area contributed by atoms with Crippen LogP contribution >= 0.6 is 0 Å². The molecule has 0 spiro atoms. The Kier molecular flexibility index (Phi) is 6.76. The van der Waals surface area contributed by atoms with Gasteiger partial charge in [0.2, 0.25) is 0 Å². The molecule has 0 saturated carbocycles. The van der Waals surface area contributed by atoms with Gasteiger partial charge < -0.3 is 15.0 Å². The Hall–Kier alpha value is -0.450. The standard InChI is InChI=1S/C9H19NO3/c1-8(7-13)9(2)10(3-5-11)4-6-12/h7-9,11-12H,3-6H2,1-2H3/t8-,9?/m1/s1. The molecule has 13 heavy (non-hydrogen) atoms. The molecular formula is C9H19NO3. The summed E-state index contributed by atoms with van der Waals surface area (Å²) in [4.78, 5) is 12.4. The molecule has 0 rings (SSSR count). The first-order valence-corrected chi connectivity index (χ1v) is 4.58. The van der Waals surface area contributed by atoms with E-state index in [1.165, 1.54) is 0 Å². The van der Waals surface area contributed by atoms with E-state index in [9.17, 15) is 4.79 Å². The Bertz CT molecular complexity index is 135. The second kappa shape index (κ2) is 7.00. The topological polar surface area (TPSA) is 60.8 Å². The van der Waals surface area contributed by atoms with Crippen LogP contribution in [0.5, 0.6) is 0 Å². The fraction of sp³-hybridized carbons (Fsp3) is 0.889. The molecule has 0 fully saturated rings. The summed E-state index contributed by atoms with van der Waals surface area (Å²) in [5, 5.41) is 17.5. The van der Waals surface area contributed by atoms with Crippen LogP contribution in [0.1, 0.15) is 13.8 Å². The lowest BCUT2D eigenvalue weighted by molar-refractivity contribution is -0.112. The molecular weight excluding hydrogens is 170 g/mol. The molecule has 78 valence electrons. The zero-order valence-electron chi connectivity index (χ0n) is 8.31. The third-order valence-corrected chi connectivity index (χ3v) is 2.33. The lowest BCUT2D eigenvalue weighted by atomic mass is 10.0. The van der Waals surface area contributed by atoms with Gasteiger partial charge in [0.05, 0.1) is 13.2 Å². The molecule has 0 radical (unpaired) electrons. The van der Waals surface area contributed by atoms with Gasteiger partial charge in [-0.15, -0.1) is 0 Å². The highest BCUT2D eigenvalue weighted by molar-refractivity contribution is 5.53. The lowest BCUT2D eigenvalue weighted by Gasteiger charge is -2.29. The number of aliphatic hydroxyl groups excluding tert-OH is 2. The molecule has 0 aromatic carbocycles. The summed E-state index contributed by atoms with van der Waals surface area (Å²) in [5.41, 5.74) is 0. The Morgan fingerprint density at radius 1 is 1.23 bits per heavy atom. The summed E-state index contributed by atoms with van der Waals surface area (Å²) >= 11 is 0. The van der Waals surface area contributed by atoms with Crippen molar-refractivity contribution in [2.24, 2.45) is 5.92 Å². The monoisotopic (exact) mass is 189 g/mol. The largest absolute Gasteiger partial charge is 0.395 e. The zero-order valence-corrected chi connectivity index (χ0v) is 8.31. The van der Waals surface area contributed by atoms with Crippen LogP contribution in [-0.2, 0) is 4.79 Å². The number of aliphatic hydroxyl groups is 2. The van der Waals surface area contributed by atoms with Crippen LogP contribution in [0.4, 0.5) is 0 Å². The van der Waals surface area contributed by atoms with Crippen molar-refractivity contribution < 1.29 is 15.0 Å². The van der Waals surface area contributed by atoms with Crippen molar-refractivity contribution >= 4 is 6.29 Å². The molecule has 1 unspecified atom stereocenters. The van der Waals surface area contributed by atoms with Gasteiger partial charge in [-0.3, -0.25) is 4.90 Å². The minimum Gasteiger partial charge on any atom is -0.395 e. The molecule has 0 amide bonds. The summed E-state index contributed by atoms with van der Waals surface area (Å²) < 4.78 is 0. The van der Waals surface area contributed by atoms with Gasteiger partial charge in [0.15, 0.2) is 0 Å². The number of aldehydes is 1. The van der Waals surface area contributed by atoms with Gasteiger partial charge in [-0.2, -0.15) is 0 Å². The van der Waals surface area contributed by atoms with Crippen LogP contribution in [0.25, 0.3) is 0 Å². The van der Waals surface area contributed by atoms with Crippen molar-refractivity contribution in [3.8, 4) is 0 Å². The fourth-order valence-electron chi connectivity index (χ4n) is 1.22. The fourth-order valence-corrected chi connectivity index (χ4v) is 1.22. The Morgan fingerprint density at radius 3 is 2.00 bits per heavy atom. The molecule has 0 aliphatic heterocycles. The van der Waals surface area contributed by atoms with Crippen molar-refractivity contribution in [3.05, 3.63) is 0 Å². The van der Waals surface area contributed by atoms with Gasteiger partial charge in [-0.25, -0.2) is 0 Å². The van der Waals surface area contributed by atoms with E-state index < -0.39 is 0 Å². The Morgan fingerprint density at radius 2 is 1.69 bits per heavy atom. The van der Waals surface area contributed by atoms with Crippen molar-refractivity contribution in [1.82, 2.24) is 4.90 Å². The molecule has 2 atom stereocenters. The van der Waals surface area contributed by atoms with Gasteiger partial charge in [-0.05, 0) is 6.92 Å². The summed E-state index contributed by atoms with van der Waals surface area (Å²) in [7, 11) is 0. The highest BCUT2D eigenvalue weighted by atomic mass is 16.3. The van der Waals surface area contributed by atoms with Crippen LogP contribution in [0.2, 0.25) is 0 Å². The Balaban J connectivity index is 4.08. The molecule has 0 aliphatic rings. The van der Waals surface area contributed by atoms with Crippen LogP contribution in [0.15, 0.2) is 0 Å². The minimum atomic E-state index is -0.0712. The van der Waals surface area contributed by atoms with Crippen molar-refractivity contribution in [2.45, 2.75) is 19.9 Å². The van der Waals surface area contributed by atoms with Gasteiger partial charge in [-0.1, -0.05) is 6.92 Å². The maximum atomic E-state index is 10.5. The van der Waals surface area contributed by atoms with E-state index in [-0.39, 0.29) is 25.2 Å². The van der Waals surface area contributed by atoms with Gasteiger partial charge in [0.1, 0.15) is 6.29 Å². The van der Waals surface area contributed by atoms with E-state index in [0.29, 0.717) is 13.1 Å². The second-order valence-electron chi connectivity index (χ2n) is 3.22. The number of nitrogens with zero attached hydrogens (tertiary/aromatic N) is 1. The van der Waals surface area contributed by atoms with Gasteiger partial charge in [0.25, 0.3) is 0 Å². The smallest absolute Gasteiger partial charge is 0.124 e. The van der Waals surface area contributed by atoms with Crippen LogP contribution in [0.3, 0.4) is 0 Å². The first-order chi connectivity index (χ1) is 6.17. The zero-order chi connectivity index (χ0) is 10.3. The summed E-state index contributed by atoms with van der Waals surface area (Å²) in [5.74, 6) is -0.0712. The average molecular weight is 189 g/mol. The van der Waals surface area contributed by atoms with E-state index in [4.69, 9.17) is 10.2 Å². The number of hydrogen-bond donors (Lipinski definition) is 2. The number of carbonyl (C=O) groups is 1. The normalized spacial score (nSPS) is 15.8. The summed E-state index contributed by atoms with van der Waals surface area (Å²) in [6, 6.07) is 0.0665. The van der Waals surface area contributed by atoms with E-state index >= 15 is 0 Å². The molecule has 2 N–H and O–H groups in total. The molecule has 0 saturated heterocycles. The van der Waals surface area contributed by atoms with Crippen LogP contribution in [-0.4, -0.2) is 53.7 Å². The van der Waals surface area contributed by atoms with E-state index in [0.717, 1.165) is 6.29 Å². The van der Waals surface area contributed by atoms with E-state index in [1.54, 1.807) is 0 Å². The SMILES string of the molecule is CC([C@H](C)C=O)N(CCO)CCO. The van der Waals surface area contributed by atoms with Crippen molar-refractivity contribution in [3.63, 3.8) is 0 Å².